The van der Waals surface area contributed by atoms with E-state index in [9.17, 15) is 0 Å². The molecule has 0 atom stereocenters. The van der Waals surface area contributed by atoms with Crippen molar-refractivity contribution in [2.75, 3.05) is 13.2 Å². The topological polar surface area (TPSA) is 18.5 Å². The maximum Gasteiger partial charge on any atom is 0.131 e. The Balaban J connectivity index is 1.88. The molecule has 2 nitrogen and oxygen atoms in total. The van der Waals surface area contributed by atoms with Gasteiger partial charge in [-0.05, 0) is 47.7 Å². The number of unbranched alkanes of at least 4 members (excludes halogenated alkanes) is 6. The van der Waals surface area contributed by atoms with Gasteiger partial charge in [-0.3, -0.25) is 0 Å². The van der Waals surface area contributed by atoms with Gasteiger partial charge in [-0.1, -0.05) is 88.2 Å². The van der Waals surface area contributed by atoms with Crippen molar-refractivity contribution >= 4 is 15.9 Å². The summed E-state index contributed by atoms with van der Waals surface area (Å²) in [6, 6.07) is 11.0. The smallest absolute Gasteiger partial charge is 0.131 e. The first kappa shape index (κ1) is 23.2. The second kappa shape index (κ2) is 10.7. The third kappa shape index (κ3) is 5.22. The van der Waals surface area contributed by atoms with E-state index < -0.39 is 0 Å². The monoisotopic (exact) mass is 472 g/mol. The highest BCUT2D eigenvalue weighted by atomic mass is 79.9. The molecule has 3 rings (SSSR count). The van der Waals surface area contributed by atoms with E-state index in [1.807, 2.05) is 0 Å². The van der Waals surface area contributed by atoms with E-state index in [4.69, 9.17) is 9.47 Å². The number of rotatable bonds is 12. The highest BCUT2D eigenvalue weighted by Gasteiger charge is 2.38. The molecular weight excluding hydrogens is 436 g/mol. The molecule has 2 aromatic carbocycles. The number of halogens is 1. The standard InChI is InChI=1S/C27H37BrO2/c1-5-7-9-11-15-29-21-18-24-26(25(19-21)30-16-12-10-8-6-2)22-14-13-20(28)17-23(22)27(24,3)4/h13-14,17-19H,5-12,15-16H2,1-4H3. The molecule has 164 valence electrons. The highest BCUT2D eigenvalue weighted by molar-refractivity contribution is 9.10. The van der Waals surface area contributed by atoms with Crippen LogP contribution in [0.25, 0.3) is 11.1 Å². The van der Waals surface area contributed by atoms with Crippen LogP contribution in [0.1, 0.15) is 90.2 Å². The van der Waals surface area contributed by atoms with Gasteiger partial charge in [0.1, 0.15) is 11.5 Å². The lowest BCUT2D eigenvalue weighted by molar-refractivity contribution is 0.290. The van der Waals surface area contributed by atoms with E-state index in [1.165, 1.54) is 60.8 Å². The van der Waals surface area contributed by atoms with Gasteiger partial charge in [-0.25, -0.2) is 0 Å². The van der Waals surface area contributed by atoms with Gasteiger partial charge >= 0.3 is 0 Å². The molecule has 0 heterocycles. The average Bonchev–Trinajstić information content (AvgIpc) is 2.94. The fourth-order valence-electron chi connectivity index (χ4n) is 4.38. The lowest BCUT2D eigenvalue weighted by Gasteiger charge is -2.23. The molecule has 0 saturated carbocycles. The Morgan fingerprint density at radius 3 is 2.10 bits per heavy atom. The molecule has 0 unspecified atom stereocenters. The SMILES string of the molecule is CCCCCCOc1cc(OCCCCCC)c2c(c1)C(C)(C)c1cc(Br)ccc1-2. The molecular formula is C27H37BrO2. The number of hydrogen-bond donors (Lipinski definition) is 0. The summed E-state index contributed by atoms with van der Waals surface area (Å²) >= 11 is 3.66. The van der Waals surface area contributed by atoms with Crippen molar-refractivity contribution in [3.05, 3.63) is 45.9 Å². The molecule has 3 heteroatoms. The van der Waals surface area contributed by atoms with Crippen molar-refractivity contribution in [2.45, 2.75) is 84.5 Å². The van der Waals surface area contributed by atoms with Crippen LogP contribution in [0.2, 0.25) is 0 Å². The molecule has 0 aromatic heterocycles. The van der Waals surface area contributed by atoms with E-state index in [0.29, 0.717) is 0 Å². The Morgan fingerprint density at radius 2 is 1.43 bits per heavy atom. The normalized spacial score (nSPS) is 13.8. The summed E-state index contributed by atoms with van der Waals surface area (Å²) in [5.41, 5.74) is 5.12. The highest BCUT2D eigenvalue weighted by Crippen LogP contribution is 2.54. The number of benzene rings is 2. The number of ether oxygens (including phenoxy) is 2. The Kier molecular flexibility index (Phi) is 8.27. The lowest BCUT2D eigenvalue weighted by Crippen LogP contribution is -2.15. The maximum atomic E-state index is 6.37. The van der Waals surface area contributed by atoms with E-state index in [2.05, 4.69) is 74.0 Å². The molecule has 0 amide bonds. The van der Waals surface area contributed by atoms with E-state index in [0.717, 1.165) is 42.0 Å². The van der Waals surface area contributed by atoms with Crippen LogP contribution in [0.3, 0.4) is 0 Å². The van der Waals surface area contributed by atoms with Gasteiger partial charge in [0.15, 0.2) is 0 Å². The van der Waals surface area contributed by atoms with Gasteiger partial charge in [0.05, 0.1) is 13.2 Å². The minimum absolute atomic E-state index is 0.0731. The van der Waals surface area contributed by atoms with Crippen LogP contribution in [0.5, 0.6) is 11.5 Å². The molecule has 30 heavy (non-hydrogen) atoms. The summed E-state index contributed by atoms with van der Waals surface area (Å²) in [6.07, 6.45) is 9.69. The van der Waals surface area contributed by atoms with Crippen LogP contribution >= 0.6 is 15.9 Å². The summed E-state index contributed by atoms with van der Waals surface area (Å²) in [6.45, 7) is 10.6. The zero-order valence-corrected chi connectivity index (χ0v) is 20.7. The molecule has 0 radical (unpaired) electrons. The Morgan fingerprint density at radius 1 is 0.767 bits per heavy atom. The summed E-state index contributed by atoms with van der Waals surface area (Å²) in [7, 11) is 0. The van der Waals surface area contributed by atoms with Crippen molar-refractivity contribution in [1.82, 2.24) is 0 Å². The largest absolute Gasteiger partial charge is 0.493 e. The van der Waals surface area contributed by atoms with Crippen molar-refractivity contribution in [1.29, 1.82) is 0 Å². The molecule has 0 aliphatic heterocycles. The second-order valence-corrected chi connectivity index (χ2v) is 9.89. The first-order chi connectivity index (χ1) is 14.5. The maximum absolute atomic E-state index is 6.37. The summed E-state index contributed by atoms with van der Waals surface area (Å²) in [5.74, 6) is 1.91. The minimum Gasteiger partial charge on any atom is -0.493 e. The van der Waals surface area contributed by atoms with Crippen LogP contribution < -0.4 is 9.47 Å². The number of fused-ring (bicyclic) bond motifs is 3. The van der Waals surface area contributed by atoms with Gasteiger partial charge < -0.3 is 9.47 Å². The van der Waals surface area contributed by atoms with Crippen LogP contribution in [0.4, 0.5) is 0 Å². The van der Waals surface area contributed by atoms with Gasteiger partial charge in [-0.15, -0.1) is 0 Å². The molecule has 0 spiro atoms. The van der Waals surface area contributed by atoms with Crippen molar-refractivity contribution in [3.8, 4) is 22.6 Å². The lowest BCUT2D eigenvalue weighted by atomic mass is 9.82. The minimum atomic E-state index is -0.0731. The average molecular weight is 473 g/mol. The van der Waals surface area contributed by atoms with Gasteiger partial charge in [0, 0.05) is 21.5 Å². The van der Waals surface area contributed by atoms with Crippen LogP contribution in [0.15, 0.2) is 34.8 Å². The van der Waals surface area contributed by atoms with Crippen LogP contribution in [-0.4, -0.2) is 13.2 Å². The molecule has 1 aliphatic carbocycles. The van der Waals surface area contributed by atoms with Gasteiger partial charge in [-0.2, -0.15) is 0 Å². The quantitative estimate of drug-likeness (QED) is 0.287. The molecule has 2 aromatic rings. The Hall–Kier alpha value is -1.48. The number of hydrogen-bond acceptors (Lipinski definition) is 2. The van der Waals surface area contributed by atoms with Crippen molar-refractivity contribution in [2.24, 2.45) is 0 Å². The zero-order chi connectivity index (χ0) is 21.6. The predicted octanol–water partition coefficient (Wildman–Crippen LogP) is 8.67. The molecule has 0 saturated heterocycles. The van der Waals surface area contributed by atoms with E-state index in [1.54, 1.807) is 0 Å². The Labute approximate surface area is 191 Å². The second-order valence-electron chi connectivity index (χ2n) is 8.98. The summed E-state index contributed by atoms with van der Waals surface area (Å²) < 4.78 is 13.7. The third-order valence-corrected chi connectivity index (χ3v) is 6.69. The molecule has 0 fully saturated rings. The molecule has 0 bridgehead atoms. The van der Waals surface area contributed by atoms with Crippen molar-refractivity contribution < 1.29 is 9.47 Å². The van der Waals surface area contributed by atoms with E-state index >= 15 is 0 Å². The third-order valence-electron chi connectivity index (χ3n) is 6.20. The summed E-state index contributed by atoms with van der Waals surface area (Å²) in [5, 5.41) is 0. The van der Waals surface area contributed by atoms with E-state index in [-0.39, 0.29) is 5.41 Å². The first-order valence-corrected chi connectivity index (χ1v) is 12.5. The molecule has 0 N–H and O–H groups in total. The Bertz CT molecular complexity index is 841. The van der Waals surface area contributed by atoms with Crippen molar-refractivity contribution in [3.63, 3.8) is 0 Å². The summed E-state index contributed by atoms with van der Waals surface area (Å²) in [4.78, 5) is 0. The van der Waals surface area contributed by atoms with Crippen LogP contribution in [-0.2, 0) is 5.41 Å². The first-order valence-electron chi connectivity index (χ1n) is 11.7. The predicted molar refractivity (Wildman–Crippen MR) is 131 cm³/mol. The van der Waals surface area contributed by atoms with Gasteiger partial charge in [0.25, 0.3) is 0 Å². The fraction of sp³-hybridized carbons (Fsp3) is 0.556. The zero-order valence-electron chi connectivity index (χ0n) is 19.2. The van der Waals surface area contributed by atoms with Crippen LogP contribution in [0, 0.1) is 0 Å². The van der Waals surface area contributed by atoms with Gasteiger partial charge in [0.2, 0.25) is 0 Å². The fourth-order valence-corrected chi connectivity index (χ4v) is 4.75. The molecule has 1 aliphatic rings.